The van der Waals surface area contributed by atoms with Crippen LogP contribution in [0.25, 0.3) is 0 Å². The molecule has 3 nitrogen and oxygen atoms in total. The van der Waals surface area contributed by atoms with E-state index in [2.05, 4.69) is 23.3 Å². The van der Waals surface area contributed by atoms with Gasteiger partial charge in [-0.1, -0.05) is 0 Å². The summed E-state index contributed by atoms with van der Waals surface area (Å²) in [6.45, 7) is 5.19. The SMILES string of the molecule is CC1c2ccsc2CCN1CC(=O)C1CCOC1. The second-order valence-electron chi connectivity index (χ2n) is 5.22. The Bertz CT molecular complexity index is 437. The van der Waals surface area contributed by atoms with Crippen LogP contribution in [0.1, 0.15) is 29.8 Å². The van der Waals surface area contributed by atoms with E-state index in [0.29, 0.717) is 25.0 Å². The van der Waals surface area contributed by atoms with E-state index in [1.165, 1.54) is 10.4 Å². The summed E-state index contributed by atoms with van der Waals surface area (Å²) in [5, 5.41) is 2.16. The monoisotopic (exact) mass is 265 g/mol. The smallest absolute Gasteiger partial charge is 0.152 e. The lowest BCUT2D eigenvalue weighted by Crippen LogP contribution is -2.39. The van der Waals surface area contributed by atoms with Crippen LogP contribution in [0.15, 0.2) is 11.4 Å². The van der Waals surface area contributed by atoms with Gasteiger partial charge in [-0.3, -0.25) is 9.69 Å². The molecule has 0 N–H and O–H groups in total. The van der Waals surface area contributed by atoms with Crippen LogP contribution in [-0.2, 0) is 16.0 Å². The van der Waals surface area contributed by atoms with Crippen LogP contribution < -0.4 is 0 Å². The fraction of sp³-hybridized carbons (Fsp3) is 0.643. The first-order valence-electron chi connectivity index (χ1n) is 6.66. The highest BCUT2D eigenvalue weighted by molar-refractivity contribution is 7.10. The van der Waals surface area contributed by atoms with Crippen LogP contribution in [0, 0.1) is 5.92 Å². The number of nitrogens with zero attached hydrogens (tertiary/aromatic N) is 1. The highest BCUT2D eigenvalue weighted by Crippen LogP contribution is 2.32. The average molecular weight is 265 g/mol. The van der Waals surface area contributed by atoms with Crippen molar-refractivity contribution in [2.24, 2.45) is 5.92 Å². The minimum absolute atomic E-state index is 0.140. The summed E-state index contributed by atoms with van der Waals surface area (Å²) in [6.07, 6.45) is 2.00. The molecule has 0 aromatic carbocycles. The van der Waals surface area contributed by atoms with Gasteiger partial charge in [0.15, 0.2) is 5.78 Å². The zero-order valence-corrected chi connectivity index (χ0v) is 11.5. The Kier molecular flexibility index (Phi) is 3.50. The Hall–Kier alpha value is -0.710. The second kappa shape index (κ2) is 5.11. The summed E-state index contributed by atoms with van der Waals surface area (Å²) in [5.74, 6) is 0.499. The molecule has 4 heteroatoms. The Morgan fingerprint density at radius 2 is 2.50 bits per heavy atom. The number of hydrogen-bond donors (Lipinski definition) is 0. The molecule has 3 heterocycles. The summed E-state index contributed by atoms with van der Waals surface area (Å²) < 4.78 is 5.30. The fourth-order valence-electron chi connectivity index (χ4n) is 2.90. The summed E-state index contributed by atoms with van der Waals surface area (Å²) in [5.41, 5.74) is 1.42. The standard InChI is InChI=1S/C14H19NO2S/c1-10-12-4-7-18-14(12)2-5-15(10)8-13(16)11-3-6-17-9-11/h4,7,10-11H,2-3,5-6,8-9H2,1H3. The Labute approximate surface area is 112 Å². The van der Waals surface area contributed by atoms with Crippen LogP contribution in [0.4, 0.5) is 0 Å². The van der Waals surface area contributed by atoms with Gasteiger partial charge in [0, 0.05) is 30.0 Å². The van der Waals surface area contributed by atoms with Crippen molar-refractivity contribution >= 4 is 17.1 Å². The molecule has 0 bridgehead atoms. The van der Waals surface area contributed by atoms with Crippen LogP contribution in [-0.4, -0.2) is 37.0 Å². The lowest BCUT2D eigenvalue weighted by molar-refractivity contribution is -0.124. The number of thiophene rings is 1. The van der Waals surface area contributed by atoms with E-state index in [1.807, 2.05) is 11.3 Å². The summed E-state index contributed by atoms with van der Waals surface area (Å²) in [7, 11) is 0. The molecule has 1 aromatic rings. The number of hydrogen-bond acceptors (Lipinski definition) is 4. The number of fused-ring (bicyclic) bond motifs is 1. The summed E-state index contributed by atoms with van der Waals surface area (Å²) in [4.78, 5) is 16.0. The molecule has 1 saturated heterocycles. The van der Waals surface area contributed by atoms with Gasteiger partial charge in [-0.25, -0.2) is 0 Å². The first kappa shape index (κ1) is 12.3. The van der Waals surface area contributed by atoms with Crippen LogP contribution in [0.5, 0.6) is 0 Å². The summed E-state index contributed by atoms with van der Waals surface area (Å²) >= 11 is 1.84. The van der Waals surface area contributed by atoms with Gasteiger partial charge in [-0.2, -0.15) is 0 Å². The number of carbonyl (C=O) groups is 1. The molecule has 0 spiro atoms. The van der Waals surface area contributed by atoms with Crippen molar-refractivity contribution in [2.45, 2.75) is 25.8 Å². The van der Waals surface area contributed by atoms with Gasteiger partial charge < -0.3 is 4.74 Å². The first-order chi connectivity index (χ1) is 8.75. The molecule has 1 fully saturated rings. The van der Waals surface area contributed by atoms with Crippen molar-refractivity contribution in [1.82, 2.24) is 4.90 Å². The molecular weight excluding hydrogens is 246 g/mol. The van der Waals surface area contributed by atoms with Crippen molar-refractivity contribution in [1.29, 1.82) is 0 Å². The van der Waals surface area contributed by atoms with Crippen molar-refractivity contribution < 1.29 is 9.53 Å². The molecule has 98 valence electrons. The molecule has 2 aliphatic heterocycles. The number of Topliss-reactive ketones (excluding diaryl/α,β-unsaturated/α-hetero) is 1. The Morgan fingerprint density at radius 1 is 1.61 bits per heavy atom. The summed E-state index contributed by atoms with van der Waals surface area (Å²) in [6, 6.07) is 2.59. The van der Waals surface area contributed by atoms with E-state index < -0.39 is 0 Å². The third-order valence-electron chi connectivity index (χ3n) is 4.15. The first-order valence-corrected chi connectivity index (χ1v) is 7.54. The van der Waals surface area contributed by atoms with Crippen molar-refractivity contribution in [3.05, 3.63) is 21.9 Å². The third kappa shape index (κ3) is 2.25. The molecule has 0 aliphatic carbocycles. The van der Waals surface area contributed by atoms with Crippen LogP contribution in [0.2, 0.25) is 0 Å². The van der Waals surface area contributed by atoms with E-state index in [1.54, 1.807) is 0 Å². The van der Waals surface area contributed by atoms with Gasteiger partial charge in [-0.05, 0) is 36.8 Å². The lowest BCUT2D eigenvalue weighted by Gasteiger charge is -2.33. The number of carbonyl (C=O) groups excluding carboxylic acids is 1. The van der Waals surface area contributed by atoms with Gasteiger partial charge in [0.2, 0.25) is 0 Å². The fourth-order valence-corrected chi connectivity index (χ4v) is 3.86. The minimum Gasteiger partial charge on any atom is -0.381 e. The molecule has 0 saturated carbocycles. The molecule has 2 atom stereocenters. The topological polar surface area (TPSA) is 29.5 Å². The molecule has 18 heavy (non-hydrogen) atoms. The highest BCUT2D eigenvalue weighted by Gasteiger charge is 2.30. The van der Waals surface area contributed by atoms with E-state index in [9.17, 15) is 4.79 Å². The molecular formula is C14H19NO2S. The van der Waals surface area contributed by atoms with Gasteiger partial charge >= 0.3 is 0 Å². The molecule has 2 aliphatic rings. The van der Waals surface area contributed by atoms with Crippen molar-refractivity contribution in [3.8, 4) is 0 Å². The highest BCUT2D eigenvalue weighted by atomic mass is 32.1. The average Bonchev–Trinajstić information content (AvgIpc) is 3.02. The number of ketones is 1. The van der Waals surface area contributed by atoms with Crippen LogP contribution >= 0.6 is 11.3 Å². The van der Waals surface area contributed by atoms with E-state index in [0.717, 1.165) is 26.0 Å². The largest absolute Gasteiger partial charge is 0.381 e. The molecule has 3 rings (SSSR count). The Balaban J connectivity index is 1.65. The van der Waals surface area contributed by atoms with Crippen molar-refractivity contribution in [3.63, 3.8) is 0 Å². The van der Waals surface area contributed by atoms with E-state index in [-0.39, 0.29) is 5.92 Å². The third-order valence-corrected chi connectivity index (χ3v) is 5.14. The zero-order valence-electron chi connectivity index (χ0n) is 10.7. The molecule has 0 radical (unpaired) electrons. The Morgan fingerprint density at radius 3 is 3.28 bits per heavy atom. The van der Waals surface area contributed by atoms with Gasteiger partial charge in [0.05, 0.1) is 13.2 Å². The molecule has 0 amide bonds. The maximum absolute atomic E-state index is 12.2. The van der Waals surface area contributed by atoms with E-state index >= 15 is 0 Å². The quantitative estimate of drug-likeness (QED) is 0.839. The predicted octanol–water partition coefficient (Wildman–Crippen LogP) is 2.27. The van der Waals surface area contributed by atoms with Gasteiger partial charge in [-0.15, -0.1) is 11.3 Å². The number of rotatable bonds is 3. The van der Waals surface area contributed by atoms with Crippen LogP contribution in [0.3, 0.4) is 0 Å². The normalized spacial score (nSPS) is 28.3. The number of ether oxygens (including phenoxy) is 1. The maximum atomic E-state index is 12.2. The van der Waals surface area contributed by atoms with E-state index in [4.69, 9.17) is 4.74 Å². The lowest BCUT2D eigenvalue weighted by atomic mass is 9.98. The molecule has 2 unspecified atom stereocenters. The second-order valence-corrected chi connectivity index (χ2v) is 6.22. The minimum atomic E-state index is 0.140. The molecule has 1 aromatic heterocycles. The van der Waals surface area contributed by atoms with Gasteiger partial charge in [0.25, 0.3) is 0 Å². The maximum Gasteiger partial charge on any atom is 0.152 e. The van der Waals surface area contributed by atoms with Gasteiger partial charge in [0.1, 0.15) is 0 Å². The zero-order chi connectivity index (χ0) is 12.5. The van der Waals surface area contributed by atoms with Crippen molar-refractivity contribution in [2.75, 3.05) is 26.3 Å². The predicted molar refractivity (Wildman–Crippen MR) is 71.9 cm³/mol.